The minimum absolute atomic E-state index is 0.0172. The van der Waals surface area contributed by atoms with Gasteiger partial charge < -0.3 is 10.1 Å². The predicted octanol–water partition coefficient (Wildman–Crippen LogP) is 4.35. The van der Waals surface area contributed by atoms with E-state index in [0.717, 1.165) is 16.8 Å². The van der Waals surface area contributed by atoms with Crippen LogP contribution in [0.1, 0.15) is 34.0 Å². The zero-order valence-electron chi connectivity index (χ0n) is 14.8. The maximum Gasteiger partial charge on any atom is 0.338 e. The van der Waals surface area contributed by atoms with Gasteiger partial charge in [-0.1, -0.05) is 18.2 Å². The van der Waals surface area contributed by atoms with E-state index in [2.05, 4.69) is 5.32 Å². The second-order valence-corrected chi connectivity index (χ2v) is 6.74. The molecule has 5 heteroatoms. The predicted molar refractivity (Wildman–Crippen MR) is 103 cm³/mol. The van der Waals surface area contributed by atoms with Crippen molar-refractivity contribution in [3.8, 4) is 0 Å². The van der Waals surface area contributed by atoms with E-state index in [1.165, 1.54) is 17.3 Å². The lowest BCUT2D eigenvalue weighted by Crippen LogP contribution is -2.14. The SMILES string of the molecule is CCOC(=O)c1ccc(CSCC(=O)Nc2ccc(C)c(C)c2)cc1. The summed E-state index contributed by atoms with van der Waals surface area (Å²) in [5.41, 5.74) is 4.80. The molecule has 4 nitrogen and oxygen atoms in total. The van der Waals surface area contributed by atoms with Gasteiger partial charge in [-0.15, -0.1) is 11.8 Å². The standard InChI is InChI=1S/C20H23NO3S/c1-4-24-20(23)17-8-6-16(7-9-17)12-25-13-19(22)21-18-10-5-14(2)15(3)11-18/h5-11H,4,12-13H2,1-3H3,(H,21,22). The van der Waals surface area contributed by atoms with Gasteiger partial charge in [0, 0.05) is 11.4 Å². The number of ether oxygens (including phenoxy) is 1. The van der Waals surface area contributed by atoms with Crippen LogP contribution in [0, 0.1) is 13.8 Å². The summed E-state index contributed by atoms with van der Waals surface area (Å²) in [5.74, 6) is 0.765. The fourth-order valence-corrected chi connectivity index (χ4v) is 3.02. The molecular weight excluding hydrogens is 334 g/mol. The molecule has 132 valence electrons. The molecule has 1 amide bonds. The number of hydrogen-bond donors (Lipinski definition) is 1. The molecule has 0 unspecified atom stereocenters. The summed E-state index contributed by atoms with van der Waals surface area (Å²) < 4.78 is 4.96. The minimum Gasteiger partial charge on any atom is -0.462 e. The quantitative estimate of drug-likeness (QED) is 0.749. The zero-order valence-corrected chi connectivity index (χ0v) is 15.6. The molecule has 0 heterocycles. The Bertz CT molecular complexity index is 741. The van der Waals surface area contributed by atoms with Crippen LogP contribution in [-0.4, -0.2) is 24.2 Å². The van der Waals surface area contributed by atoms with Crippen LogP contribution in [0.15, 0.2) is 42.5 Å². The van der Waals surface area contributed by atoms with Gasteiger partial charge in [-0.25, -0.2) is 4.79 Å². The van der Waals surface area contributed by atoms with Crippen molar-refractivity contribution in [2.24, 2.45) is 0 Å². The molecular formula is C20H23NO3S. The van der Waals surface area contributed by atoms with Gasteiger partial charge in [0.15, 0.2) is 0 Å². The van der Waals surface area contributed by atoms with Crippen LogP contribution in [0.4, 0.5) is 5.69 Å². The zero-order chi connectivity index (χ0) is 18.2. The van der Waals surface area contributed by atoms with Crippen molar-refractivity contribution in [2.45, 2.75) is 26.5 Å². The van der Waals surface area contributed by atoms with Gasteiger partial charge in [0.1, 0.15) is 0 Å². The molecule has 0 aliphatic carbocycles. The van der Waals surface area contributed by atoms with Gasteiger partial charge in [0.05, 0.1) is 17.9 Å². The first-order valence-electron chi connectivity index (χ1n) is 8.20. The molecule has 2 aromatic rings. The summed E-state index contributed by atoms with van der Waals surface area (Å²) >= 11 is 1.54. The van der Waals surface area contributed by atoms with Crippen molar-refractivity contribution < 1.29 is 14.3 Å². The van der Waals surface area contributed by atoms with Gasteiger partial charge >= 0.3 is 5.97 Å². The topological polar surface area (TPSA) is 55.4 Å². The van der Waals surface area contributed by atoms with E-state index in [1.807, 2.05) is 44.2 Å². The third kappa shape index (κ3) is 5.94. The number of rotatable bonds is 7. The van der Waals surface area contributed by atoms with Crippen molar-refractivity contribution in [3.05, 3.63) is 64.7 Å². The van der Waals surface area contributed by atoms with Crippen LogP contribution < -0.4 is 5.32 Å². The molecule has 0 aliphatic heterocycles. The molecule has 0 spiro atoms. The molecule has 25 heavy (non-hydrogen) atoms. The highest BCUT2D eigenvalue weighted by atomic mass is 32.2. The molecule has 0 bridgehead atoms. The third-order valence-electron chi connectivity index (χ3n) is 3.76. The third-order valence-corrected chi connectivity index (χ3v) is 4.76. The number of benzene rings is 2. The Morgan fingerprint density at radius 3 is 2.40 bits per heavy atom. The first kappa shape index (κ1) is 19.1. The van der Waals surface area contributed by atoms with Crippen LogP contribution >= 0.6 is 11.8 Å². The summed E-state index contributed by atoms with van der Waals surface area (Å²) in [4.78, 5) is 23.6. The largest absolute Gasteiger partial charge is 0.462 e. The van der Waals surface area contributed by atoms with Crippen LogP contribution in [0.5, 0.6) is 0 Å². The number of esters is 1. The van der Waals surface area contributed by atoms with E-state index in [4.69, 9.17) is 4.74 Å². The monoisotopic (exact) mass is 357 g/mol. The average molecular weight is 357 g/mol. The Morgan fingerprint density at radius 2 is 1.76 bits per heavy atom. The van der Waals surface area contributed by atoms with Crippen molar-refractivity contribution in [2.75, 3.05) is 17.7 Å². The highest BCUT2D eigenvalue weighted by Gasteiger charge is 2.07. The van der Waals surface area contributed by atoms with E-state index in [9.17, 15) is 9.59 Å². The average Bonchev–Trinajstić information content (AvgIpc) is 2.59. The first-order chi connectivity index (χ1) is 12.0. The summed E-state index contributed by atoms with van der Waals surface area (Å²) in [6.45, 7) is 6.22. The molecule has 0 saturated heterocycles. The Morgan fingerprint density at radius 1 is 1.04 bits per heavy atom. The van der Waals surface area contributed by atoms with Crippen molar-refractivity contribution in [1.29, 1.82) is 0 Å². The lowest BCUT2D eigenvalue weighted by atomic mass is 10.1. The normalized spacial score (nSPS) is 10.4. The molecule has 0 aliphatic rings. The number of nitrogens with one attached hydrogen (secondary N) is 1. The minimum atomic E-state index is -0.311. The molecule has 2 rings (SSSR count). The number of anilines is 1. The second kappa shape index (κ2) is 9.28. The van der Waals surface area contributed by atoms with Gasteiger partial charge in [-0.2, -0.15) is 0 Å². The Balaban J connectivity index is 1.78. The molecule has 1 N–H and O–H groups in total. The smallest absolute Gasteiger partial charge is 0.338 e. The van der Waals surface area contributed by atoms with Crippen molar-refractivity contribution >= 4 is 29.3 Å². The van der Waals surface area contributed by atoms with E-state index in [1.54, 1.807) is 19.1 Å². The number of thioether (sulfide) groups is 1. The van der Waals surface area contributed by atoms with E-state index in [-0.39, 0.29) is 11.9 Å². The van der Waals surface area contributed by atoms with Gasteiger partial charge in [0.25, 0.3) is 0 Å². The van der Waals surface area contributed by atoms with Crippen molar-refractivity contribution in [3.63, 3.8) is 0 Å². The first-order valence-corrected chi connectivity index (χ1v) is 9.36. The van der Waals surface area contributed by atoms with Crippen LogP contribution in [0.3, 0.4) is 0 Å². The highest BCUT2D eigenvalue weighted by Crippen LogP contribution is 2.16. The number of carbonyl (C=O) groups is 2. The van der Waals surface area contributed by atoms with Gasteiger partial charge in [-0.05, 0) is 61.7 Å². The number of hydrogen-bond acceptors (Lipinski definition) is 4. The summed E-state index contributed by atoms with van der Waals surface area (Å²) in [6, 6.07) is 13.2. The van der Waals surface area contributed by atoms with E-state index in [0.29, 0.717) is 23.7 Å². The number of amides is 1. The molecule has 0 atom stereocenters. The summed E-state index contributed by atoms with van der Waals surface area (Å²) in [5, 5.41) is 2.91. The molecule has 0 aromatic heterocycles. The molecule has 2 aromatic carbocycles. The van der Waals surface area contributed by atoms with Crippen molar-refractivity contribution in [1.82, 2.24) is 0 Å². The van der Waals surface area contributed by atoms with Crippen LogP contribution in [0.2, 0.25) is 0 Å². The van der Waals surface area contributed by atoms with Crippen LogP contribution in [-0.2, 0) is 15.3 Å². The number of aryl methyl sites for hydroxylation is 2. The second-order valence-electron chi connectivity index (χ2n) is 5.76. The lowest BCUT2D eigenvalue weighted by molar-refractivity contribution is -0.113. The Hall–Kier alpha value is -2.27. The summed E-state index contributed by atoms with van der Waals surface area (Å²) in [7, 11) is 0. The molecule has 0 radical (unpaired) electrons. The highest BCUT2D eigenvalue weighted by molar-refractivity contribution is 7.99. The maximum absolute atomic E-state index is 12.0. The van der Waals surface area contributed by atoms with Gasteiger partial charge in [0.2, 0.25) is 5.91 Å². The Labute approximate surface area is 153 Å². The Kier molecular flexibility index (Phi) is 7.07. The fourth-order valence-electron chi connectivity index (χ4n) is 2.23. The maximum atomic E-state index is 12.0. The lowest BCUT2D eigenvalue weighted by Gasteiger charge is -2.08. The van der Waals surface area contributed by atoms with Gasteiger partial charge in [-0.3, -0.25) is 4.79 Å². The molecule has 0 saturated carbocycles. The van der Waals surface area contributed by atoms with Crippen LogP contribution in [0.25, 0.3) is 0 Å². The fraction of sp³-hybridized carbons (Fsp3) is 0.300. The van der Waals surface area contributed by atoms with E-state index < -0.39 is 0 Å². The number of carbonyl (C=O) groups excluding carboxylic acids is 2. The van der Waals surface area contributed by atoms with E-state index >= 15 is 0 Å². The summed E-state index contributed by atoms with van der Waals surface area (Å²) in [6.07, 6.45) is 0. The molecule has 0 fully saturated rings.